The molecule has 0 unspecified atom stereocenters. The van der Waals surface area contributed by atoms with Crippen molar-refractivity contribution >= 4 is 6.09 Å². The summed E-state index contributed by atoms with van der Waals surface area (Å²) in [6, 6.07) is 8.30. The van der Waals surface area contributed by atoms with Crippen molar-refractivity contribution in [2.75, 3.05) is 26.2 Å². The van der Waals surface area contributed by atoms with Gasteiger partial charge in [0.05, 0.1) is 12.1 Å². The van der Waals surface area contributed by atoms with Crippen molar-refractivity contribution in [3.63, 3.8) is 0 Å². The van der Waals surface area contributed by atoms with E-state index in [1.54, 1.807) is 4.90 Å². The Morgan fingerprint density at radius 2 is 1.83 bits per heavy atom. The summed E-state index contributed by atoms with van der Waals surface area (Å²) in [5, 5.41) is 10.4. The molecule has 1 amide bonds. The van der Waals surface area contributed by atoms with Gasteiger partial charge >= 0.3 is 6.09 Å². The highest BCUT2D eigenvalue weighted by Crippen LogP contribution is 2.36. The van der Waals surface area contributed by atoms with E-state index in [2.05, 4.69) is 17.0 Å². The fourth-order valence-corrected chi connectivity index (χ4v) is 3.50. The molecule has 1 saturated heterocycles. The third-order valence-corrected chi connectivity index (χ3v) is 4.53. The van der Waals surface area contributed by atoms with Gasteiger partial charge in [-0.15, -0.1) is 0 Å². The molecule has 126 valence electrons. The monoisotopic (exact) mass is 318 g/mol. The Kier molecular flexibility index (Phi) is 4.34. The normalized spacial score (nSPS) is 25.3. The number of aliphatic hydroxyl groups is 1. The molecule has 0 saturated carbocycles. The number of benzene rings is 1. The number of hydrogen-bond acceptors (Lipinski definition) is 4. The largest absolute Gasteiger partial charge is 0.444 e. The second kappa shape index (κ2) is 6.13. The molecule has 0 spiro atoms. The Balaban J connectivity index is 1.62. The predicted octanol–water partition coefficient (Wildman–Crippen LogP) is 2.20. The summed E-state index contributed by atoms with van der Waals surface area (Å²) in [5.41, 5.74) is 2.00. The van der Waals surface area contributed by atoms with Crippen LogP contribution in [-0.4, -0.2) is 58.9 Å². The maximum Gasteiger partial charge on any atom is 0.410 e. The van der Waals surface area contributed by atoms with E-state index in [0.29, 0.717) is 19.5 Å². The van der Waals surface area contributed by atoms with E-state index in [0.717, 1.165) is 13.1 Å². The number of ether oxygens (including phenoxy) is 1. The number of amides is 1. The maximum absolute atomic E-state index is 12.1. The van der Waals surface area contributed by atoms with Gasteiger partial charge in [0.1, 0.15) is 5.60 Å². The van der Waals surface area contributed by atoms with Crippen molar-refractivity contribution < 1.29 is 14.6 Å². The first-order valence-corrected chi connectivity index (χ1v) is 8.33. The van der Waals surface area contributed by atoms with E-state index in [1.165, 1.54) is 11.1 Å². The first-order chi connectivity index (χ1) is 10.8. The van der Waals surface area contributed by atoms with Crippen LogP contribution in [0.4, 0.5) is 4.79 Å². The molecule has 0 aromatic heterocycles. The average molecular weight is 318 g/mol. The number of piperazine rings is 1. The van der Waals surface area contributed by atoms with Gasteiger partial charge in [0.2, 0.25) is 0 Å². The van der Waals surface area contributed by atoms with Gasteiger partial charge in [0.25, 0.3) is 0 Å². The highest BCUT2D eigenvalue weighted by atomic mass is 16.6. The molecule has 2 aliphatic rings. The first kappa shape index (κ1) is 16.3. The Morgan fingerprint density at radius 3 is 2.48 bits per heavy atom. The average Bonchev–Trinajstić information content (AvgIpc) is 2.81. The molecule has 23 heavy (non-hydrogen) atoms. The van der Waals surface area contributed by atoms with Gasteiger partial charge in [-0.05, 0) is 31.9 Å². The lowest BCUT2D eigenvalue weighted by atomic mass is 10.1. The van der Waals surface area contributed by atoms with Crippen molar-refractivity contribution in [1.82, 2.24) is 9.80 Å². The molecule has 1 aromatic rings. The van der Waals surface area contributed by atoms with Crippen LogP contribution in [0.25, 0.3) is 0 Å². The number of carbonyl (C=O) groups is 1. The van der Waals surface area contributed by atoms with Gasteiger partial charge in [-0.25, -0.2) is 4.79 Å². The number of rotatable bonds is 1. The van der Waals surface area contributed by atoms with Crippen molar-refractivity contribution in [3.05, 3.63) is 35.4 Å². The maximum atomic E-state index is 12.1. The fourth-order valence-electron chi connectivity index (χ4n) is 3.50. The van der Waals surface area contributed by atoms with Crippen LogP contribution in [-0.2, 0) is 11.2 Å². The van der Waals surface area contributed by atoms with Crippen LogP contribution in [0.1, 0.15) is 37.9 Å². The molecule has 1 fully saturated rings. The second-order valence-corrected chi connectivity index (χ2v) is 7.42. The van der Waals surface area contributed by atoms with Crippen molar-refractivity contribution in [3.8, 4) is 0 Å². The van der Waals surface area contributed by atoms with Crippen LogP contribution in [0, 0.1) is 0 Å². The molecule has 1 N–H and O–H groups in total. The Labute approximate surface area is 137 Å². The topological polar surface area (TPSA) is 53.0 Å². The summed E-state index contributed by atoms with van der Waals surface area (Å²) < 4.78 is 5.43. The van der Waals surface area contributed by atoms with Gasteiger partial charge < -0.3 is 14.7 Å². The molecule has 5 nitrogen and oxygen atoms in total. The molecular formula is C18H26N2O3. The first-order valence-electron chi connectivity index (χ1n) is 8.33. The van der Waals surface area contributed by atoms with E-state index in [4.69, 9.17) is 4.74 Å². The molecule has 0 radical (unpaired) electrons. The molecule has 1 aliphatic carbocycles. The van der Waals surface area contributed by atoms with Crippen molar-refractivity contribution in [2.24, 2.45) is 0 Å². The fraction of sp³-hybridized carbons (Fsp3) is 0.611. The van der Waals surface area contributed by atoms with Gasteiger partial charge in [-0.1, -0.05) is 24.3 Å². The molecule has 5 heteroatoms. The number of nitrogens with zero attached hydrogens (tertiary/aromatic N) is 2. The van der Waals surface area contributed by atoms with E-state index in [1.807, 2.05) is 32.9 Å². The minimum absolute atomic E-state index is 0.0481. The van der Waals surface area contributed by atoms with Crippen LogP contribution in [0.5, 0.6) is 0 Å². The Hall–Kier alpha value is -1.59. The molecule has 0 bridgehead atoms. The van der Waals surface area contributed by atoms with Crippen LogP contribution in [0.15, 0.2) is 24.3 Å². The third kappa shape index (κ3) is 3.51. The lowest BCUT2D eigenvalue weighted by Gasteiger charge is -2.39. The predicted molar refractivity (Wildman–Crippen MR) is 88.3 cm³/mol. The van der Waals surface area contributed by atoms with Crippen LogP contribution < -0.4 is 0 Å². The standard InChI is InChI=1S/C18H26N2O3/c1-18(2,3)23-17(22)20-10-8-19(9-11-20)16-14-7-5-4-6-13(14)12-15(16)21/h4-7,15-16,21H,8-12H2,1-3H3/t15-,16-/m1/s1. The summed E-state index contributed by atoms with van der Waals surface area (Å²) >= 11 is 0. The summed E-state index contributed by atoms with van der Waals surface area (Å²) in [6.45, 7) is 8.44. The van der Waals surface area contributed by atoms with Gasteiger partial charge in [-0.3, -0.25) is 4.90 Å². The minimum Gasteiger partial charge on any atom is -0.444 e. The van der Waals surface area contributed by atoms with Crippen LogP contribution in [0.2, 0.25) is 0 Å². The molecule has 2 atom stereocenters. The third-order valence-electron chi connectivity index (χ3n) is 4.53. The quantitative estimate of drug-likeness (QED) is 0.862. The molecule has 1 heterocycles. The van der Waals surface area contributed by atoms with Gasteiger partial charge in [-0.2, -0.15) is 0 Å². The summed E-state index contributed by atoms with van der Waals surface area (Å²) in [4.78, 5) is 16.2. The van der Waals surface area contributed by atoms with Crippen molar-refractivity contribution in [1.29, 1.82) is 0 Å². The van der Waals surface area contributed by atoms with Crippen molar-refractivity contribution in [2.45, 2.75) is 44.9 Å². The lowest BCUT2D eigenvalue weighted by molar-refractivity contribution is -0.00174. The van der Waals surface area contributed by atoms with E-state index >= 15 is 0 Å². The zero-order valence-corrected chi connectivity index (χ0v) is 14.2. The molecular weight excluding hydrogens is 292 g/mol. The number of aliphatic hydroxyl groups excluding tert-OH is 1. The summed E-state index contributed by atoms with van der Waals surface area (Å²) in [5.74, 6) is 0. The molecule has 1 aliphatic heterocycles. The SMILES string of the molecule is CC(C)(C)OC(=O)N1CCN([C@@H]2c3ccccc3C[C@H]2O)CC1. The lowest BCUT2D eigenvalue weighted by Crippen LogP contribution is -2.51. The number of carbonyl (C=O) groups excluding carboxylic acids is 1. The van der Waals surface area contributed by atoms with E-state index in [-0.39, 0.29) is 18.2 Å². The van der Waals surface area contributed by atoms with Gasteiger partial charge in [0.15, 0.2) is 0 Å². The zero-order chi connectivity index (χ0) is 16.6. The molecule has 3 rings (SSSR count). The number of fused-ring (bicyclic) bond motifs is 1. The zero-order valence-electron chi connectivity index (χ0n) is 14.2. The Bertz CT molecular complexity index is 574. The summed E-state index contributed by atoms with van der Waals surface area (Å²) in [7, 11) is 0. The van der Waals surface area contributed by atoms with Crippen LogP contribution in [0.3, 0.4) is 0 Å². The van der Waals surface area contributed by atoms with Gasteiger partial charge in [0, 0.05) is 32.6 Å². The minimum atomic E-state index is -0.463. The smallest absolute Gasteiger partial charge is 0.410 e. The highest BCUT2D eigenvalue weighted by molar-refractivity contribution is 5.68. The second-order valence-electron chi connectivity index (χ2n) is 7.42. The Morgan fingerprint density at radius 1 is 1.17 bits per heavy atom. The van der Waals surface area contributed by atoms with Crippen LogP contribution >= 0.6 is 0 Å². The highest BCUT2D eigenvalue weighted by Gasteiger charge is 2.37. The number of hydrogen-bond donors (Lipinski definition) is 1. The summed E-state index contributed by atoms with van der Waals surface area (Å²) in [6.07, 6.45) is 0.109. The van der Waals surface area contributed by atoms with E-state index < -0.39 is 5.60 Å². The molecule has 1 aromatic carbocycles. The van der Waals surface area contributed by atoms with E-state index in [9.17, 15) is 9.90 Å².